The fourth-order valence-corrected chi connectivity index (χ4v) is 3.12. The lowest BCUT2D eigenvalue weighted by molar-refractivity contribution is 0.277. The Bertz CT molecular complexity index is 312. The third kappa shape index (κ3) is 4.95. The molecule has 1 heteroatoms. The van der Waals surface area contributed by atoms with Gasteiger partial charge < -0.3 is 0 Å². The first-order valence-corrected chi connectivity index (χ1v) is 8.11. The van der Waals surface area contributed by atoms with Crippen molar-refractivity contribution in [2.45, 2.75) is 74.1 Å². The number of rotatable bonds is 3. The van der Waals surface area contributed by atoms with Crippen molar-refractivity contribution in [3.05, 3.63) is 11.1 Å². The summed E-state index contributed by atoms with van der Waals surface area (Å²) < 4.78 is 0. The Balaban J connectivity index is 3.02. The van der Waals surface area contributed by atoms with Crippen LogP contribution in [0.1, 0.15) is 74.1 Å². The molecule has 0 bridgehead atoms. The van der Waals surface area contributed by atoms with Gasteiger partial charge in [0.25, 0.3) is 0 Å². The molecule has 1 aliphatic heterocycles. The van der Waals surface area contributed by atoms with Crippen molar-refractivity contribution in [3.8, 4) is 0 Å². The van der Waals surface area contributed by atoms with Gasteiger partial charge in [-0.25, -0.2) is 0 Å². The van der Waals surface area contributed by atoms with Gasteiger partial charge in [0.2, 0.25) is 0 Å². The molecule has 0 radical (unpaired) electrons. The molecule has 1 heterocycles. The Morgan fingerprint density at radius 1 is 0.947 bits per heavy atom. The molecule has 0 spiro atoms. The minimum Gasteiger partial charge on any atom is -0.299 e. The van der Waals surface area contributed by atoms with Crippen LogP contribution in [-0.4, -0.2) is 24.5 Å². The van der Waals surface area contributed by atoms with E-state index < -0.39 is 0 Å². The lowest BCUT2D eigenvalue weighted by Crippen LogP contribution is -2.31. The average molecular weight is 265 g/mol. The number of nitrogens with zero attached hydrogens (tertiary/aromatic N) is 1. The second-order valence-corrected chi connectivity index (χ2v) is 8.19. The van der Waals surface area contributed by atoms with Gasteiger partial charge >= 0.3 is 0 Å². The summed E-state index contributed by atoms with van der Waals surface area (Å²) in [6.07, 6.45) is 5.26. The van der Waals surface area contributed by atoms with Crippen LogP contribution in [0, 0.1) is 10.8 Å². The van der Waals surface area contributed by atoms with E-state index in [4.69, 9.17) is 0 Å². The number of unbranched alkanes of at least 4 members (excludes halogenated alkanes) is 1. The van der Waals surface area contributed by atoms with Crippen LogP contribution in [0.3, 0.4) is 0 Å². The van der Waals surface area contributed by atoms with Crippen molar-refractivity contribution < 1.29 is 0 Å². The molecule has 0 aromatic heterocycles. The van der Waals surface area contributed by atoms with Gasteiger partial charge in [0.05, 0.1) is 0 Å². The minimum absolute atomic E-state index is 0.303. The summed E-state index contributed by atoms with van der Waals surface area (Å²) >= 11 is 0. The summed E-state index contributed by atoms with van der Waals surface area (Å²) in [5, 5.41) is 0. The van der Waals surface area contributed by atoms with Gasteiger partial charge in [-0.15, -0.1) is 0 Å². The van der Waals surface area contributed by atoms with Crippen LogP contribution < -0.4 is 0 Å². The van der Waals surface area contributed by atoms with Gasteiger partial charge in [0.15, 0.2) is 0 Å². The van der Waals surface area contributed by atoms with Gasteiger partial charge in [0, 0.05) is 6.54 Å². The SMILES string of the molecule is CCCCN1CCCC(C(C)(C)C)=C(C(C)(C)C)C1. The lowest BCUT2D eigenvalue weighted by atomic mass is 9.74. The fraction of sp³-hybridized carbons (Fsp3) is 0.889. The van der Waals surface area contributed by atoms with E-state index in [1.807, 2.05) is 0 Å². The molecule has 1 nitrogen and oxygen atoms in total. The predicted molar refractivity (Wildman–Crippen MR) is 86.5 cm³/mol. The van der Waals surface area contributed by atoms with Crippen molar-refractivity contribution in [3.63, 3.8) is 0 Å². The molecule has 0 fully saturated rings. The maximum absolute atomic E-state index is 2.68. The Kier molecular flexibility index (Phi) is 5.67. The Labute approximate surface area is 121 Å². The van der Waals surface area contributed by atoms with Crippen molar-refractivity contribution in [2.75, 3.05) is 19.6 Å². The highest BCUT2D eigenvalue weighted by atomic mass is 15.1. The van der Waals surface area contributed by atoms with Gasteiger partial charge in [-0.2, -0.15) is 0 Å². The zero-order valence-electron chi connectivity index (χ0n) is 14.4. The van der Waals surface area contributed by atoms with Crippen molar-refractivity contribution >= 4 is 0 Å². The quantitative estimate of drug-likeness (QED) is 0.628. The fourth-order valence-electron chi connectivity index (χ4n) is 3.12. The molecule has 1 rings (SSSR count). The molecule has 0 unspecified atom stereocenters. The van der Waals surface area contributed by atoms with Gasteiger partial charge in [-0.3, -0.25) is 4.90 Å². The Hall–Kier alpha value is -0.300. The highest BCUT2D eigenvalue weighted by Gasteiger charge is 2.30. The first kappa shape index (κ1) is 16.8. The first-order valence-electron chi connectivity index (χ1n) is 8.11. The molecule has 19 heavy (non-hydrogen) atoms. The summed E-state index contributed by atoms with van der Waals surface area (Å²) in [4.78, 5) is 2.68. The van der Waals surface area contributed by atoms with E-state index in [1.54, 1.807) is 11.1 Å². The molecule has 1 aliphatic rings. The van der Waals surface area contributed by atoms with Crippen LogP contribution >= 0.6 is 0 Å². The summed E-state index contributed by atoms with van der Waals surface area (Å²) in [5.41, 5.74) is 4.05. The van der Waals surface area contributed by atoms with Gasteiger partial charge in [-0.05, 0) is 43.2 Å². The second-order valence-electron chi connectivity index (χ2n) is 8.19. The monoisotopic (exact) mass is 265 g/mol. The van der Waals surface area contributed by atoms with Crippen LogP contribution in [0.2, 0.25) is 0 Å². The zero-order chi connectivity index (χ0) is 14.7. The summed E-state index contributed by atoms with van der Waals surface area (Å²) in [6, 6.07) is 0. The molecule has 112 valence electrons. The largest absolute Gasteiger partial charge is 0.299 e. The van der Waals surface area contributed by atoms with E-state index in [0.29, 0.717) is 10.8 Å². The van der Waals surface area contributed by atoms with E-state index in [1.165, 1.54) is 45.3 Å². The van der Waals surface area contributed by atoms with Gasteiger partial charge in [-0.1, -0.05) is 66.0 Å². The third-order valence-electron chi connectivity index (χ3n) is 4.29. The van der Waals surface area contributed by atoms with E-state index >= 15 is 0 Å². The summed E-state index contributed by atoms with van der Waals surface area (Å²) in [5.74, 6) is 0. The molecule has 0 saturated heterocycles. The molecule has 0 atom stereocenters. The van der Waals surface area contributed by atoms with Crippen LogP contribution in [0.4, 0.5) is 0 Å². The number of hydrogen-bond donors (Lipinski definition) is 0. The maximum Gasteiger partial charge on any atom is 0.0201 e. The first-order chi connectivity index (χ1) is 8.66. The molecule has 0 aliphatic carbocycles. The molecule has 0 aromatic carbocycles. The van der Waals surface area contributed by atoms with Crippen molar-refractivity contribution in [2.24, 2.45) is 10.8 Å². The topological polar surface area (TPSA) is 3.24 Å². The smallest absolute Gasteiger partial charge is 0.0201 e. The highest BCUT2D eigenvalue weighted by molar-refractivity contribution is 5.27. The lowest BCUT2D eigenvalue weighted by Gasteiger charge is -2.34. The number of hydrogen-bond acceptors (Lipinski definition) is 1. The molecule has 0 amide bonds. The zero-order valence-corrected chi connectivity index (χ0v) is 14.4. The van der Waals surface area contributed by atoms with Crippen LogP contribution in [-0.2, 0) is 0 Å². The summed E-state index contributed by atoms with van der Waals surface area (Å²) in [6.45, 7) is 20.3. The van der Waals surface area contributed by atoms with E-state index in [2.05, 4.69) is 53.4 Å². The Morgan fingerprint density at radius 3 is 2.00 bits per heavy atom. The molecular weight excluding hydrogens is 230 g/mol. The van der Waals surface area contributed by atoms with Gasteiger partial charge in [0.1, 0.15) is 0 Å². The minimum atomic E-state index is 0.303. The highest BCUT2D eigenvalue weighted by Crippen LogP contribution is 2.40. The molecule has 0 aromatic rings. The van der Waals surface area contributed by atoms with E-state index in [-0.39, 0.29) is 0 Å². The number of allylic oxidation sites excluding steroid dienone is 1. The average Bonchev–Trinajstić information content (AvgIpc) is 2.47. The summed E-state index contributed by atoms with van der Waals surface area (Å²) in [7, 11) is 0. The normalized spacial score (nSPS) is 19.7. The second kappa shape index (κ2) is 6.43. The van der Waals surface area contributed by atoms with Crippen molar-refractivity contribution in [1.29, 1.82) is 0 Å². The van der Waals surface area contributed by atoms with Crippen LogP contribution in [0.25, 0.3) is 0 Å². The molecule has 0 N–H and O–H groups in total. The predicted octanol–water partition coefficient (Wildman–Crippen LogP) is 5.27. The standard InChI is InChI=1S/C18H35N/c1-8-9-12-19-13-10-11-15(17(2,3)4)16(14-19)18(5,6)7/h8-14H2,1-7H3. The van der Waals surface area contributed by atoms with E-state index in [9.17, 15) is 0 Å². The Morgan fingerprint density at radius 2 is 1.53 bits per heavy atom. The van der Waals surface area contributed by atoms with Crippen LogP contribution in [0.5, 0.6) is 0 Å². The maximum atomic E-state index is 2.68. The van der Waals surface area contributed by atoms with Crippen LogP contribution in [0.15, 0.2) is 11.1 Å². The molecule has 0 saturated carbocycles. The third-order valence-corrected chi connectivity index (χ3v) is 4.29. The van der Waals surface area contributed by atoms with E-state index in [0.717, 1.165) is 0 Å². The van der Waals surface area contributed by atoms with Crippen molar-refractivity contribution in [1.82, 2.24) is 4.90 Å². The molecular formula is C18H35N.